The Kier molecular flexibility index (Phi) is 4.30. The summed E-state index contributed by atoms with van der Waals surface area (Å²) in [5, 5.41) is 11.8. The largest absolute Gasteiger partial charge is 0.395 e. The Morgan fingerprint density at radius 2 is 2.00 bits per heavy atom. The molecule has 2 heteroatoms. The first-order valence-corrected chi connectivity index (χ1v) is 5.45. The summed E-state index contributed by atoms with van der Waals surface area (Å²) < 4.78 is 0. The number of aliphatic hydroxyl groups is 1. The minimum atomic E-state index is 0.193. The van der Waals surface area contributed by atoms with Gasteiger partial charge >= 0.3 is 0 Å². The molecule has 0 fully saturated rings. The smallest absolute Gasteiger partial charge is 0.0556 e. The van der Waals surface area contributed by atoms with E-state index in [-0.39, 0.29) is 12.0 Å². The minimum absolute atomic E-state index is 0.193. The van der Waals surface area contributed by atoms with Gasteiger partial charge < -0.3 is 10.4 Å². The standard InChI is InChI=1S/C13H21NO/c1-13(2,3)12-6-4-5-11(9-12)10-14-7-8-15/h4-6,9,14-15H,7-8,10H2,1-3H3. The van der Waals surface area contributed by atoms with Gasteiger partial charge in [0, 0.05) is 13.1 Å². The fourth-order valence-electron chi connectivity index (χ4n) is 1.46. The second kappa shape index (κ2) is 5.29. The van der Waals surface area contributed by atoms with E-state index >= 15 is 0 Å². The second-order valence-electron chi connectivity index (χ2n) is 4.85. The normalized spacial score (nSPS) is 11.7. The highest BCUT2D eigenvalue weighted by Gasteiger charge is 2.13. The van der Waals surface area contributed by atoms with Gasteiger partial charge in [-0.1, -0.05) is 45.0 Å². The van der Waals surface area contributed by atoms with Gasteiger partial charge in [-0.25, -0.2) is 0 Å². The maximum atomic E-state index is 8.67. The summed E-state index contributed by atoms with van der Waals surface area (Å²) in [6.07, 6.45) is 0. The zero-order chi connectivity index (χ0) is 11.3. The molecule has 0 saturated carbocycles. The highest BCUT2D eigenvalue weighted by molar-refractivity contribution is 5.28. The zero-order valence-corrected chi connectivity index (χ0v) is 9.88. The van der Waals surface area contributed by atoms with Gasteiger partial charge in [-0.05, 0) is 16.5 Å². The molecule has 1 aromatic carbocycles. The Balaban J connectivity index is 2.66. The maximum Gasteiger partial charge on any atom is 0.0556 e. The lowest BCUT2D eigenvalue weighted by molar-refractivity contribution is 0.292. The molecule has 15 heavy (non-hydrogen) atoms. The van der Waals surface area contributed by atoms with Crippen LogP contribution < -0.4 is 5.32 Å². The molecular formula is C13H21NO. The van der Waals surface area contributed by atoms with Gasteiger partial charge in [0.2, 0.25) is 0 Å². The van der Waals surface area contributed by atoms with Crippen LogP contribution in [0.1, 0.15) is 31.9 Å². The fraction of sp³-hybridized carbons (Fsp3) is 0.538. The van der Waals surface area contributed by atoms with Crippen molar-refractivity contribution in [3.63, 3.8) is 0 Å². The number of nitrogens with one attached hydrogen (secondary N) is 1. The molecule has 0 unspecified atom stereocenters. The van der Waals surface area contributed by atoms with Crippen molar-refractivity contribution in [3.8, 4) is 0 Å². The third-order valence-corrected chi connectivity index (χ3v) is 2.41. The topological polar surface area (TPSA) is 32.3 Å². The molecule has 0 spiro atoms. The van der Waals surface area contributed by atoms with E-state index in [9.17, 15) is 0 Å². The summed E-state index contributed by atoms with van der Waals surface area (Å²) in [6.45, 7) is 8.32. The number of aliphatic hydroxyl groups excluding tert-OH is 1. The van der Waals surface area contributed by atoms with Crippen LogP contribution in [0.3, 0.4) is 0 Å². The Morgan fingerprint density at radius 1 is 1.27 bits per heavy atom. The van der Waals surface area contributed by atoms with E-state index in [4.69, 9.17) is 5.11 Å². The van der Waals surface area contributed by atoms with Crippen LogP contribution in [0.4, 0.5) is 0 Å². The molecule has 0 aromatic heterocycles. The molecule has 1 rings (SSSR count). The lowest BCUT2D eigenvalue weighted by Crippen LogP contribution is -2.18. The van der Waals surface area contributed by atoms with Gasteiger partial charge in [0.25, 0.3) is 0 Å². The first-order chi connectivity index (χ1) is 7.04. The second-order valence-corrected chi connectivity index (χ2v) is 4.85. The predicted molar refractivity (Wildman–Crippen MR) is 63.9 cm³/mol. The molecule has 0 aliphatic rings. The van der Waals surface area contributed by atoms with E-state index in [0.717, 1.165) is 6.54 Å². The molecule has 2 N–H and O–H groups in total. The number of rotatable bonds is 4. The quantitative estimate of drug-likeness (QED) is 0.741. The van der Waals surface area contributed by atoms with E-state index in [1.165, 1.54) is 11.1 Å². The lowest BCUT2D eigenvalue weighted by Gasteiger charge is -2.19. The van der Waals surface area contributed by atoms with Crippen molar-refractivity contribution in [2.45, 2.75) is 32.7 Å². The summed E-state index contributed by atoms with van der Waals surface area (Å²) in [4.78, 5) is 0. The summed E-state index contributed by atoms with van der Waals surface area (Å²) in [5.74, 6) is 0. The summed E-state index contributed by atoms with van der Waals surface area (Å²) in [5.41, 5.74) is 2.83. The summed E-state index contributed by atoms with van der Waals surface area (Å²) >= 11 is 0. The van der Waals surface area contributed by atoms with Gasteiger partial charge in [-0.3, -0.25) is 0 Å². The Bertz CT molecular complexity index is 302. The van der Waals surface area contributed by atoms with Gasteiger partial charge in [-0.2, -0.15) is 0 Å². The third-order valence-electron chi connectivity index (χ3n) is 2.41. The van der Waals surface area contributed by atoms with Crippen molar-refractivity contribution in [1.29, 1.82) is 0 Å². The number of benzene rings is 1. The monoisotopic (exact) mass is 207 g/mol. The van der Waals surface area contributed by atoms with E-state index in [2.05, 4.69) is 50.4 Å². The van der Waals surface area contributed by atoms with E-state index in [1.807, 2.05) is 0 Å². The third kappa shape index (κ3) is 4.02. The van der Waals surface area contributed by atoms with Crippen LogP contribution in [0.25, 0.3) is 0 Å². The molecule has 0 aliphatic carbocycles. The van der Waals surface area contributed by atoms with E-state index < -0.39 is 0 Å². The van der Waals surface area contributed by atoms with Gasteiger partial charge in [0.05, 0.1) is 6.61 Å². The summed E-state index contributed by atoms with van der Waals surface area (Å²) in [6, 6.07) is 8.59. The van der Waals surface area contributed by atoms with Gasteiger partial charge in [-0.15, -0.1) is 0 Å². The van der Waals surface area contributed by atoms with Crippen LogP contribution in [0, 0.1) is 0 Å². The predicted octanol–water partition coefficient (Wildman–Crippen LogP) is 2.07. The maximum absolute atomic E-state index is 8.67. The Labute approximate surface area is 92.3 Å². The molecule has 0 bridgehead atoms. The molecule has 0 atom stereocenters. The van der Waals surface area contributed by atoms with Crippen LogP contribution in [0.2, 0.25) is 0 Å². The molecular weight excluding hydrogens is 186 g/mol. The average molecular weight is 207 g/mol. The number of hydrogen-bond donors (Lipinski definition) is 2. The molecule has 0 saturated heterocycles. The SMILES string of the molecule is CC(C)(C)c1cccc(CNCCO)c1. The van der Waals surface area contributed by atoms with E-state index in [1.54, 1.807) is 0 Å². The van der Waals surface area contributed by atoms with Gasteiger partial charge in [0.1, 0.15) is 0 Å². The van der Waals surface area contributed by atoms with Crippen molar-refractivity contribution >= 4 is 0 Å². The molecule has 0 amide bonds. The van der Waals surface area contributed by atoms with Crippen molar-refractivity contribution in [2.24, 2.45) is 0 Å². The highest BCUT2D eigenvalue weighted by atomic mass is 16.3. The molecule has 2 nitrogen and oxygen atoms in total. The zero-order valence-electron chi connectivity index (χ0n) is 9.88. The molecule has 0 heterocycles. The van der Waals surface area contributed by atoms with Crippen LogP contribution in [-0.4, -0.2) is 18.3 Å². The molecule has 84 valence electrons. The fourth-order valence-corrected chi connectivity index (χ4v) is 1.46. The Hall–Kier alpha value is -0.860. The highest BCUT2D eigenvalue weighted by Crippen LogP contribution is 2.22. The lowest BCUT2D eigenvalue weighted by atomic mass is 9.86. The minimum Gasteiger partial charge on any atom is -0.395 e. The molecule has 1 aromatic rings. The summed E-state index contributed by atoms with van der Waals surface area (Å²) in [7, 11) is 0. The Morgan fingerprint density at radius 3 is 2.60 bits per heavy atom. The van der Waals surface area contributed by atoms with Crippen molar-refractivity contribution < 1.29 is 5.11 Å². The van der Waals surface area contributed by atoms with Gasteiger partial charge in [0.15, 0.2) is 0 Å². The van der Waals surface area contributed by atoms with Crippen LogP contribution >= 0.6 is 0 Å². The first kappa shape index (κ1) is 12.2. The molecule has 0 aliphatic heterocycles. The molecule has 0 radical (unpaired) electrons. The van der Waals surface area contributed by atoms with Crippen LogP contribution in [0.15, 0.2) is 24.3 Å². The number of hydrogen-bond acceptors (Lipinski definition) is 2. The van der Waals surface area contributed by atoms with E-state index in [0.29, 0.717) is 6.54 Å². The average Bonchev–Trinajstić information content (AvgIpc) is 2.17. The van der Waals surface area contributed by atoms with Crippen molar-refractivity contribution in [2.75, 3.05) is 13.2 Å². The van der Waals surface area contributed by atoms with Crippen molar-refractivity contribution in [1.82, 2.24) is 5.32 Å². The van der Waals surface area contributed by atoms with Crippen molar-refractivity contribution in [3.05, 3.63) is 35.4 Å². The first-order valence-electron chi connectivity index (χ1n) is 5.45. The van der Waals surface area contributed by atoms with Crippen LogP contribution in [0.5, 0.6) is 0 Å². The van der Waals surface area contributed by atoms with Crippen LogP contribution in [-0.2, 0) is 12.0 Å².